The van der Waals surface area contributed by atoms with E-state index >= 15 is 0 Å². The Morgan fingerprint density at radius 2 is 2.00 bits per heavy atom. The van der Waals surface area contributed by atoms with Crippen LogP contribution in [0.15, 0.2) is 0 Å². The highest BCUT2D eigenvalue weighted by molar-refractivity contribution is 5.68. The topological polar surface area (TPSA) is 61.8 Å². The molecule has 5 nitrogen and oxygen atoms in total. The van der Waals surface area contributed by atoms with Crippen LogP contribution in [0.1, 0.15) is 60.8 Å². The van der Waals surface area contributed by atoms with Crippen molar-refractivity contribution >= 4 is 6.09 Å². The molecule has 1 aliphatic rings. The summed E-state index contributed by atoms with van der Waals surface area (Å²) >= 11 is 0. The Kier molecular flexibility index (Phi) is 6.05. The van der Waals surface area contributed by atoms with Gasteiger partial charge in [-0.25, -0.2) is 4.79 Å². The lowest BCUT2D eigenvalue weighted by molar-refractivity contribution is 0.0209. The summed E-state index contributed by atoms with van der Waals surface area (Å²) in [6, 6.07) is 0.259. The predicted molar refractivity (Wildman–Crippen MR) is 84.3 cm³/mol. The second-order valence-electron chi connectivity index (χ2n) is 7.59. The Morgan fingerprint density at radius 3 is 2.52 bits per heavy atom. The molecule has 0 aliphatic carbocycles. The number of carbonyl (C=O) groups excluding carboxylic acids is 1. The van der Waals surface area contributed by atoms with E-state index in [9.17, 15) is 9.90 Å². The average molecular weight is 300 g/mol. The van der Waals surface area contributed by atoms with Crippen molar-refractivity contribution in [3.05, 3.63) is 0 Å². The molecule has 0 aromatic carbocycles. The molecule has 2 atom stereocenters. The van der Waals surface area contributed by atoms with Crippen LogP contribution in [0.3, 0.4) is 0 Å². The first-order valence-corrected chi connectivity index (χ1v) is 7.96. The normalized spacial score (nSPS) is 21.5. The van der Waals surface area contributed by atoms with E-state index in [1.807, 2.05) is 32.6 Å². The Bertz CT molecular complexity index is 344. The van der Waals surface area contributed by atoms with Crippen molar-refractivity contribution in [2.75, 3.05) is 13.1 Å². The third kappa shape index (κ3) is 6.22. The van der Waals surface area contributed by atoms with E-state index in [4.69, 9.17) is 4.74 Å². The molecule has 0 saturated carbocycles. The van der Waals surface area contributed by atoms with Crippen LogP contribution in [0, 0.1) is 0 Å². The van der Waals surface area contributed by atoms with Crippen molar-refractivity contribution in [3.63, 3.8) is 0 Å². The number of aliphatic hydroxyl groups is 1. The number of carbonyl (C=O) groups is 1. The summed E-state index contributed by atoms with van der Waals surface area (Å²) in [4.78, 5) is 14.0. The van der Waals surface area contributed by atoms with Crippen LogP contribution in [0.2, 0.25) is 0 Å². The average Bonchev–Trinajstić information content (AvgIpc) is 2.73. The molecule has 0 aromatic rings. The van der Waals surface area contributed by atoms with Crippen molar-refractivity contribution in [3.8, 4) is 0 Å². The lowest BCUT2D eigenvalue weighted by Gasteiger charge is -2.30. The quantitative estimate of drug-likeness (QED) is 0.819. The number of hydrogen-bond donors (Lipinski definition) is 2. The molecule has 0 radical (unpaired) electrons. The van der Waals surface area contributed by atoms with Crippen molar-refractivity contribution in [2.24, 2.45) is 0 Å². The largest absolute Gasteiger partial charge is 0.444 e. The fourth-order valence-corrected chi connectivity index (χ4v) is 2.41. The van der Waals surface area contributed by atoms with Gasteiger partial charge in [0.15, 0.2) is 0 Å². The van der Waals surface area contributed by atoms with Gasteiger partial charge in [-0.3, -0.25) is 0 Å². The van der Waals surface area contributed by atoms with Gasteiger partial charge in [0.05, 0.1) is 5.60 Å². The van der Waals surface area contributed by atoms with E-state index in [0.717, 1.165) is 32.4 Å². The van der Waals surface area contributed by atoms with Crippen LogP contribution in [0.25, 0.3) is 0 Å². The fraction of sp³-hybridized carbons (Fsp3) is 0.938. The maximum atomic E-state index is 12.2. The number of ether oxygens (including phenoxy) is 1. The monoisotopic (exact) mass is 300 g/mol. The minimum Gasteiger partial charge on any atom is -0.444 e. The Morgan fingerprint density at radius 1 is 1.38 bits per heavy atom. The SMILES string of the molecule is CC(NCCC1CCCN1C(=O)OC(C)(C)C)C(C)(C)O. The van der Waals surface area contributed by atoms with Crippen LogP contribution < -0.4 is 5.32 Å². The summed E-state index contributed by atoms with van der Waals surface area (Å²) in [5.74, 6) is 0. The van der Waals surface area contributed by atoms with E-state index in [-0.39, 0.29) is 18.2 Å². The molecule has 1 heterocycles. The number of hydrogen-bond acceptors (Lipinski definition) is 4. The molecular weight excluding hydrogens is 268 g/mol. The third-order valence-corrected chi connectivity index (χ3v) is 3.99. The van der Waals surface area contributed by atoms with Crippen LogP contribution >= 0.6 is 0 Å². The molecule has 1 rings (SSSR count). The van der Waals surface area contributed by atoms with Crippen molar-refractivity contribution in [1.29, 1.82) is 0 Å². The zero-order valence-electron chi connectivity index (χ0n) is 14.4. The zero-order valence-corrected chi connectivity index (χ0v) is 14.4. The summed E-state index contributed by atoms with van der Waals surface area (Å²) in [7, 11) is 0. The Labute approximate surface area is 129 Å². The molecule has 1 saturated heterocycles. The molecule has 21 heavy (non-hydrogen) atoms. The molecular formula is C16H32N2O3. The maximum absolute atomic E-state index is 12.2. The second-order valence-corrected chi connectivity index (χ2v) is 7.59. The van der Waals surface area contributed by atoms with Gasteiger partial charge < -0.3 is 20.1 Å². The number of amides is 1. The van der Waals surface area contributed by atoms with Gasteiger partial charge in [-0.15, -0.1) is 0 Å². The summed E-state index contributed by atoms with van der Waals surface area (Å²) < 4.78 is 5.46. The zero-order chi connectivity index (χ0) is 16.3. The number of rotatable bonds is 5. The highest BCUT2D eigenvalue weighted by Crippen LogP contribution is 2.22. The highest BCUT2D eigenvalue weighted by Gasteiger charge is 2.32. The molecule has 0 spiro atoms. The summed E-state index contributed by atoms with van der Waals surface area (Å²) in [6.07, 6.45) is 2.74. The van der Waals surface area contributed by atoms with Crippen LogP contribution in [0.4, 0.5) is 4.79 Å². The molecule has 1 aliphatic heterocycles. The molecule has 2 unspecified atom stereocenters. The van der Waals surface area contributed by atoms with E-state index in [0.29, 0.717) is 0 Å². The first-order valence-electron chi connectivity index (χ1n) is 7.96. The molecule has 1 fully saturated rings. The fourth-order valence-electron chi connectivity index (χ4n) is 2.41. The van der Waals surface area contributed by atoms with E-state index in [1.165, 1.54) is 0 Å². The summed E-state index contributed by atoms with van der Waals surface area (Å²) in [6.45, 7) is 12.8. The van der Waals surface area contributed by atoms with Crippen molar-refractivity contribution in [1.82, 2.24) is 10.2 Å². The van der Waals surface area contributed by atoms with Crippen molar-refractivity contribution in [2.45, 2.75) is 84.1 Å². The van der Waals surface area contributed by atoms with Gasteiger partial charge in [0.2, 0.25) is 0 Å². The van der Waals surface area contributed by atoms with Crippen LogP contribution in [-0.4, -0.2) is 52.5 Å². The lowest BCUT2D eigenvalue weighted by Crippen LogP contribution is -2.46. The van der Waals surface area contributed by atoms with E-state index < -0.39 is 11.2 Å². The van der Waals surface area contributed by atoms with Crippen LogP contribution in [-0.2, 0) is 4.74 Å². The van der Waals surface area contributed by atoms with E-state index in [1.54, 1.807) is 13.8 Å². The summed E-state index contributed by atoms with van der Waals surface area (Å²) in [5.41, 5.74) is -1.18. The molecule has 1 amide bonds. The van der Waals surface area contributed by atoms with Gasteiger partial charge >= 0.3 is 6.09 Å². The second kappa shape index (κ2) is 6.97. The lowest BCUT2D eigenvalue weighted by atomic mass is 10.0. The highest BCUT2D eigenvalue weighted by atomic mass is 16.6. The predicted octanol–water partition coefficient (Wildman–Crippen LogP) is 2.53. The molecule has 0 bridgehead atoms. The molecule has 124 valence electrons. The molecule has 2 N–H and O–H groups in total. The van der Waals surface area contributed by atoms with Gasteiger partial charge in [-0.05, 0) is 67.3 Å². The standard InChI is InChI=1S/C16H32N2O3/c1-12(16(5,6)20)17-10-9-13-8-7-11-18(13)14(19)21-15(2,3)4/h12-13,17,20H,7-11H2,1-6H3. The minimum absolute atomic E-state index is 0.0221. The van der Waals surface area contributed by atoms with Crippen molar-refractivity contribution < 1.29 is 14.6 Å². The van der Waals surface area contributed by atoms with Crippen LogP contribution in [0.5, 0.6) is 0 Å². The number of nitrogens with one attached hydrogen (secondary N) is 1. The number of nitrogens with zero attached hydrogens (tertiary/aromatic N) is 1. The third-order valence-electron chi connectivity index (χ3n) is 3.99. The number of likely N-dealkylation sites (tertiary alicyclic amines) is 1. The van der Waals surface area contributed by atoms with Gasteiger partial charge in [0.1, 0.15) is 5.60 Å². The van der Waals surface area contributed by atoms with E-state index in [2.05, 4.69) is 5.32 Å². The smallest absolute Gasteiger partial charge is 0.410 e. The molecule has 5 heteroatoms. The van der Waals surface area contributed by atoms with Gasteiger partial charge in [-0.1, -0.05) is 0 Å². The molecule has 0 aromatic heterocycles. The minimum atomic E-state index is -0.736. The summed E-state index contributed by atoms with van der Waals surface area (Å²) in [5, 5.41) is 13.2. The Balaban J connectivity index is 2.42. The first kappa shape index (κ1) is 18.2. The van der Waals surface area contributed by atoms with Gasteiger partial charge in [-0.2, -0.15) is 0 Å². The first-order chi connectivity index (χ1) is 9.50. The Hall–Kier alpha value is -0.810. The van der Waals surface area contributed by atoms with Gasteiger partial charge in [0.25, 0.3) is 0 Å². The van der Waals surface area contributed by atoms with Gasteiger partial charge in [0, 0.05) is 18.6 Å². The maximum Gasteiger partial charge on any atom is 0.410 e.